The summed E-state index contributed by atoms with van der Waals surface area (Å²) >= 11 is 6.40. The monoisotopic (exact) mass is 454 g/mol. The number of nitrogens with zero attached hydrogens (tertiary/aromatic N) is 3. The molecule has 2 heterocycles. The van der Waals surface area contributed by atoms with Crippen LogP contribution in [0.3, 0.4) is 0 Å². The van der Waals surface area contributed by atoms with Crippen LogP contribution < -0.4 is 4.72 Å². The highest BCUT2D eigenvalue weighted by atomic mass is 35.5. The molecular formula is C23H23ClN4O2S. The van der Waals surface area contributed by atoms with E-state index in [1.165, 1.54) is 6.07 Å². The third kappa shape index (κ3) is 4.16. The van der Waals surface area contributed by atoms with E-state index in [0.29, 0.717) is 16.5 Å². The Labute approximate surface area is 186 Å². The lowest BCUT2D eigenvalue weighted by Crippen LogP contribution is -2.17. The van der Waals surface area contributed by atoms with Crippen molar-refractivity contribution in [2.75, 3.05) is 4.72 Å². The number of rotatable bonds is 4. The highest BCUT2D eigenvalue weighted by Crippen LogP contribution is 2.32. The smallest absolute Gasteiger partial charge is 0.263 e. The average molecular weight is 455 g/mol. The third-order valence-electron chi connectivity index (χ3n) is 4.98. The fraction of sp³-hybridized carbons (Fsp3) is 0.217. The lowest BCUT2D eigenvalue weighted by molar-refractivity contribution is 0.587. The van der Waals surface area contributed by atoms with Crippen molar-refractivity contribution in [1.29, 1.82) is 0 Å². The second-order valence-corrected chi connectivity index (χ2v) is 10.5. The molecule has 0 amide bonds. The molecule has 6 nitrogen and oxygen atoms in total. The van der Waals surface area contributed by atoms with E-state index in [0.717, 1.165) is 22.2 Å². The van der Waals surface area contributed by atoms with Crippen LogP contribution in [0.4, 0.5) is 5.82 Å². The van der Waals surface area contributed by atoms with Gasteiger partial charge in [-0.25, -0.2) is 13.1 Å². The first-order valence-corrected chi connectivity index (χ1v) is 11.7. The molecule has 0 bridgehead atoms. The summed E-state index contributed by atoms with van der Waals surface area (Å²) in [7, 11) is -3.88. The number of benzene rings is 2. The van der Waals surface area contributed by atoms with Gasteiger partial charge < -0.3 is 0 Å². The van der Waals surface area contributed by atoms with Gasteiger partial charge in [0.05, 0.1) is 21.8 Å². The number of hydrogen-bond donors (Lipinski definition) is 1. The second-order valence-electron chi connectivity index (χ2n) is 8.43. The summed E-state index contributed by atoms with van der Waals surface area (Å²) < 4.78 is 30.5. The summed E-state index contributed by atoms with van der Waals surface area (Å²) in [5.74, 6) is 0.338. The number of hydrogen-bond acceptors (Lipinski definition) is 4. The van der Waals surface area contributed by atoms with Crippen LogP contribution in [0.5, 0.6) is 0 Å². The molecule has 0 spiro atoms. The van der Waals surface area contributed by atoms with E-state index in [4.69, 9.17) is 11.6 Å². The van der Waals surface area contributed by atoms with Crippen molar-refractivity contribution in [1.82, 2.24) is 14.8 Å². The van der Waals surface area contributed by atoms with Gasteiger partial charge in [-0.05, 0) is 54.3 Å². The number of pyridine rings is 1. The fourth-order valence-corrected chi connectivity index (χ4v) is 5.08. The molecular weight excluding hydrogens is 432 g/mol. The number of sulfonamides is 1. The second kappa shape index (κ2) is 7.66. The van der Waals surface area contributed by atoms with E-state index < -0.39 is 10.0 Å². The minimum absolute atomic E-state index is 0.0930. The summed E-state index contributed by atoms with van der Waals surface area (Å²) in [5, 5.41) is 5.79. The topological polar surface area (TPSA) is 76.9 Å². The molecule has 31 heavy (non-hydrogen) atoms. The maximum atomic E-state index is 13.1. The Kier molecular flexibility index (Phi) is 5.27. The van der Waals surface area contributed by atoms with Crippen molar-refractivity contribution in [3.8, 4) is 5.69 Å². The number of halogens is 1. The van der Waals surface area contributed by atoms with E-state index in [9.17, 15) is 8.42 Å². The number of nitrogens with one attached hydrogen (secondary N) is 1. The highest BCUT2D eigenvalue weighted by Gasteiger charge is 2.23. The molecule has 0 aliphatic heterocycles. The number of fused-ring (bicyclic) bond motifs is 1. The van der Waals surface area contributed by atoms with Crippen LogP contribution in [0.25, 0.3) is 16.6 Å². The molecule has 160 valence electrons. The van der Waals surface area contributed by atoms with Crippen molar-refractivity contribution in [2.45, 2.75) is 38.0 Å². The largest absolute Gasteiger partial charge is 0.263 e. The quantitative estimate of drug-likeness (QED) is 0.443. The van der Waals surface area contributed by atoms with Crippen LogP contribution in [0.2, 0.25) is 5.02 Å². The minimum Gasteiger partial charge on any atom is -0.263 e. The highest BCUT2D eigenvalue weighted by molar-refractivity contribution is 7.92. The molecule has 2 aromatic heterocycles. The predicted octanol–water partition coefficient (Wildman–Crippen LogP) is 5.48. The van der Waals surface area contributed by atoms with E-state index >= 15 is 0 Å². The van der Waals surface area contributed by atoms with Gasteiger partial charge in [-0.1, -0.05) is 44.5 Å². The molecule has 0 radical (unpaired) electrons. The van der Waals surface area contributed by atoms with Crippen LogP contribution >= 0.6 is 11.6 Å². The van der Waals surface area contributed by atoms with E-state index in [1.54, 1.807) is 29.1 Å². The standard InChI is InChI=1S/C23H23ClN4O2S/c1-15-13-22(28(26-15)21-9-5-8-20-17(21)7-6-12-25-20)27-31(29,30)16-10-11-18(19(24)14-16)23(2,3)4/h5-14,27H,1-4H3. The van der Waals surface area contributed by atoms with Gasteiger partial charge in [0.1, 0.15) is 5.82 Å². The van der Waals surface area contributed by atoms with Gasteiger partial charge in [-0.2, -0.15) is 5.10 Å². The van der Waals surface area contributed by atoms with Gasteiger partial charge >= 0.3 is 0 Å². The lowest BCUT2D eigenvalue weighted by atomic mass is 9.87. The van der Waals surface area contributed by atoms with E-state index in [2.05, 4.69) is 14.8 Å². The third-order valence-corrected chi connectivity index (χ3v) is 6.65. The van der Waals surface area contributed by atoms with Crippen LogP contribution in [-0.4, -0.2) is 23.2 Å². The Morgan fingerprint density at radius 3 is 2.52 bits per heavy atom. The first-order valence-electron chi connectivity index (χ1n) is 9.80. The van der Waals surface area contributed by atoms with Gasteiger partial charge in [0.25, 0.3) is 10.0 Å². The molecule has 0 aliphatic carbocycles. The zero-order valence-electron chi connectivity index (χ0n) is 17.7. The molecule has 0 aliphatic rings. The van der Waals surface area contributed by atoms with Crippen LogP contribution in [-0.2, 0) is 15.4 Å². The van der Waals surface area contributed by atoms with Crippen LogP contribution in [0, 0.1) is 6.92 Å². The minimum atomic E-state index is -3.88. The molecule has 4 aromatic rings. The molecule has 0 saturated heterocycles. The number of aryl methyl sites for hydroxylation is 1. The average Bonchev–Trinajstić information content (AvgIpc) is 3.05. The zero-order valence-corrected chi connectivity index (χ0v) is 19.3. The maximum Gasteiger partial charge on any atom is 0.263 e. The van der Waals surface area contributed by atoms with E-state index in [1.807, 2.05) is 58.0 Å². The van der Waals surface area contributed by atoms with Gasteiger partial charge in [0.15, 0.2) is 0 Å². The predicted molar refractivity (Wildman–Crippen MR) is 125 cm³/mol. The zero-order chi connectivity index (χ0) is 22.4. The fourth-order valence-electron chi connectivity index (χ4n) is 3.50. The molecule has 1 N–H and O–H groups in total. The summed E-state index contributed by atoms with van der Waals surface area (Å²) in [6, 6.07) is 15.9. The Bertz CT molecular complexity index is 1380. The van der Waals surface area contributed by atoms with Crippen molar-refractivity contribution in [3.05, 3.63) is 77.1 Å². The summed E-state index contributed by atoms with van der Waals surface area (Å²) in [5.41, 5.74) is 2.91. The first kappa shape index (κ1) is 21.3. The first-order chi connectivity index (χ1) is 14.6. The van der Waals surface area contributed by atoms with Gasteiger partial charge in [0.2, 0.25) is 0 Å². The summed E-state index contributed by atoms with van der Waals surface area (Å²) in [6.45, 7) is 7.90. The molecule has 0 saturated carbocycles. The molecule has 0 unspecified atom stereocenters. The summed E-state index contributed by atoms with van der Waals surface area (Å²) in [6.07, 6.45) is 1.72. The van der Waals surface area contributed by atoms with Crippen molar-refractivity contribution in [3.63, 3.8) is 0 Å². The van der Waals surface area contributed by atoms with Crippen molar-refractivity contribution >= 4 is 38.3 Å². The van der Waals surface area contributed by atoms with Crippen LogP contribution in [0.15, 0.2) is 65.7 Å². The Morgan fingerprint density at radius 2 is 1.81 bits per heavy atom. The lowest BCUT2D eigenvalue weighted by Gasteiger charge is -2.21. The molecule has 8 heteroatoms. The van der Waals surface area contributed by atoms with Gasteiger partial charge in [0, 0.05) is 22.7 Å². The Balaban J connectivity index is 1.77. The SMILES string of the molecule is Cc1cc(NS(=O)(=O)c2ccc(C(C)(C)C)c(Cl)c2)n(-c2cccc3ncccc23)n1. The molecule has 0 fully saturated rings. The Morgan fingerprint density at radius 1 is 1.03 bits per heavy atom. The van der Waals surface area contributed by atoms with Crippen molar-refractivity contribution < 1.29 is 8.42 Å². The molecule has 0 atom stereocenters. The van der Waals surface area contributed by atoms with Gasteiger partial charge in [-0.15, -0.1) is 0 Å². The number of anilines is 1. The number of aromatic nitrogens is 3. The van der Waals surface area contributed by atoms with Gasteiger partial charge in [-0.3, -0.25) is 9.71 Å². The molecule has 2 aromatic carbocycles. The summed E-state index contributed by atoms with van der Waals surface area (Å²) in [4.78, 5) is 4.46. The maximum absolute atomic E-state index is 13.1. The van der Waals surface area contributed by atoms with Crippen LogP contribution in [0.1, 0.15) is 32.0 Å². The molecule has 4 rings (SSSR count). The van der Waals surface area contributed by atoms with Crippen molar-refractivity contribution in [2.24, 2.45) is 0 Å². The Hall–Kier alpha value is -2.90. The normalized spacial score (nSPS) is 12.3. The van der Waals surface area contributed by atoms with E-state index in [-0.39, 0.29) is 10.3 Å².